The minimum atomic E-state index is -0.235. The second-order valence-electron chi connectivity index (χ2n) is 35.4. The van der Waals surface area contributed by atoms with Crippen LogP contribution in [0.1, 0.15) is 123 Å². The molecule has 0 radical (unpaired) electrons. The van der Waals surface area contributed by atoms with Gasteiger partial charge in [-0.15, -0.1) is 0 Å². The van der Waals surface area contributed by atoms with Gasteiger partial charge in [-0.05, 0) is 327 Å². The van der Waals surface area contributed by atoms with Crippen molar-refractivity contribution in [3.8, 4) is 5.75 Å². The highest BCUT2D eigenvalue weighted by Gasteiger charge is 2.12. The molecule has 0 aliphatic heterocycles. The third-order valence-electron chi connectivity index (χ3n) is 23.2. The maximum atomic E-state index is 12.6. The highest BCUT2D eigenvalue weighted by molar-refractivity contribution is 9.10. The molecule has 0 saturated carbocycles. The molecule has 0 fully saturated rings. The lowest BCUT2D eigenvalue weighted by molar-refractivity contribution is 0.415. The van der Waals surface area contributed by atoms with Gasteiger partial charge in [0.05, 0.1) is 168 Å². The molecule has 14 N–H and O–H groups in total. The maximum Gasteiger partial charge on any atom is 0.125 e. The summed E-state index contributed by atoms with van der Waals surface area (Å²) >= 11 is 9.17. The minimum absolute atomic E-state index is 0.235. The Morgan fingerprint density at radius 2 is 0.646 bits per heavy atom. The number of aryl methyl sites for hydroxylation is 18. The van der Waals surface area contributed by atoms with Crippen molar-refractivity contribution < 1.29 is 9.13 Å². The maximum absolute atomic E-state index is 12.6. The minimum Gasteiger partial charge on any atom is -0.497 e. The highest BCUT2D eigenvalue weighted by atomic mass is 79.9. The zero-order valence-electron chi connectivity index (χ0n) is 83.9. The van der Waals surface area contributed by atoms with Crippen molar-refractivity contribution in [2.45, 2.75) is 144 Å². The first-order chi connectivity index (χ1) is 69.3. The number of nitrogens with zero attached hydrogens (tertiary/aromatic N) is 14. The topological polar surface area (TPSA) is 411 Å². The number of unbranched alkanes of at least 4 members (excludes halogenated alkanes) is 1. The number of H-pyrrole nitrogens is 14. The summed E-state index contributed by atoms with van der Waals surface area (Å²) in [6, 6.07) is 73.7. The predicted octanol–water partition coefficient (Wildman–Crippen LogP) is 27.8. The molecule has 27 aromatic rings. The number of methoxy groups -OCH3 is 1. The number of fused-ring (bicyclic) bond motifs is 15. The number of benzene rings is 13. The first kappa shape index (κ1) is 100. The molecule has 730 valence electrons. The van der Waals surface area contributed by atoms with Crippen molar-refractivity contribution in [3.63, 3.8) is 0 Å². The van der Waals surface area contributed by atoms with Crippen molar-refractivity contribution >= 4 is 193 Å². The molecule has 32 heteroatoms. The molecule has 14 aromatic heterocycles. The average molecular weight is 2000 g/mol. The van der Waals surface area contributed by atoms with E-state index >= 15 is 0 Å². The smallest absolute Gasteiger partial charge is 0.125 e. The SMILES string of the molecule is CCCCc1ccc2nc(C)[nH]c2c1.COc1ccc2nc(C)[nH]c2c1.Cc1ccc2nc(C)[nH]c2c1.Cc1nc2c(C)cccc2[nH]1.Cc1nc2cc(C)c(C)cc2[nH]1.Cc1nc2cc3ccccc3cc2[nH]1.Cc1nc2cc3nc(C)[nH]c3cc2[nH]1.Cc1nc2cc3nc[nH]c3cc2[nH]1.Cc1nc2ccc(Br)cc2[nH]1.Cc1nc2ccc(Cl)cc2[nH]1.Cc1nc2ccc(F)cc2[nH]1.Cc1nc2ccccc2[nH]1. The molecule has 27 rings (SSSR count). The van der Waals surface area contributed by atoms with E-state index in [0.717, 1.165) is 245 Å². The van der Waals surface area contributed by atoms with Gasteiger partial charge in [0.25, 0.3) is 0 Å². The Hall–Kier alpha value is -16.8. The fourth-order valence-electron chi connectivity index (χ4n) is 16.5. The number of halogens is 3. The third kappa shape index (κ3) is 25.9. The van der Waals surface area contributed by atoms with Crippen LogP contribution < -0.4 is 4.74 Å². The van der Waals surface area contributed by atoms with Gasteiger partial charge in [0.15, 0.2) is 0 Å². The van der Waals surface area contributed by atoms with Crippen molar-refractivity contribution in [2.75, 3.05) is 7.11 Å². The number of nitrogens with one attached hydrogen (secondary N) is 14. The Kier molecular flexibility index (Phi) is 31.4. The summed E-state index contributed by atoms with van der Waals surface area (Å²) in [7, 11) is 1.66. The lowest BCUT2D eigenvalue weighted by Gasteiger charge is -1.98. The Bertz CT molecular complexity index is 8500. The van der Waals surface area contributed by atoms with Gasteiger partial charge >= 0.3 is 0 Å². The van der Waals surface area contributed by atoms with Crippen LogP contribution in [0.3, 0.4) is 0 Å². The van der Waals surface area contributed by atoms with E-state index in [1.807, 2.05) is 217 Å². The molecule has 0 unspecified atom stereocenters. The first-order valence-electron chi connectivity index (χ1n) is 47.3. The molecule has 0 aliphatic rings. The van der Waals surface area contributed by atoms with E-state index in [4.69, 9.17) is 16.3 Å². The normalized spacial score (nSPS) is 10.9. The van der Waals surface area contributed by atoms with Crippen LogP contribution in [0.2, 0.25) is 5.02 Å². The number of para-hydroxylation sites is 3. The van der Waals surface area contributed by atoms with Crippen molar-refractivity contribution in [2.24, 2.45) is 0 Å². The standard InChI is InChI=1S/C12H10N2.C12H16N2.C10H10N4.C10H12N2.C9H8N4.C9H10N2O.2C9H10N2.C8H7BrN2.C8H7ClN2.C8H7FN2.C8H8N2/c1-8-13-11-6-9-4-2-3-5-10(9)7-12(11)14-8;1-3-4-5-10-6-7-11-12(8-10)14-9(2)13-11;1-5-11-7-3-9-10(4-8(7)12-5)14-6(2)13-9;1-6-4-9-10(5-7(6)2)12-8(3)11-9;1-5-12-8-2-6-7(11-4-10-6)3-9(8)13-5;1-6-10-8-4-3-7(12-2)5-9(8)11-6;1-6-3-4-8-9(5-6)11-7(2)10-8;1-6-4-3-5-8-9(6)11-7(2)10-8;3*1-5-10-7-3-2-6(9)4-8(7)11-5;1-6-9-7-4-2-3-5-8(7)10-6/h2-7H,1H3,(H,13,14);6-8H,3-5H2,1-2H3,(H,13,14);3-4H,1-2H3,(H,11,12)(H,13,14);4-5H,1-3H3,(H,11,12);2-4H,1H3,(H,10,11)(H,12,13);3-5H,1-2H3,(H,10,11);2*3-5H,1-2H3,(H,10,11);3*2-4H,1H3,(H,10,11);2-5H,1H3,(H,9,10). The summed E-state index contributed by atoms with van der Waals surface area (Å²) in [5.41, 5.74) is 35.3. The Labute approximate surface area is 842 Å². The summed E-state index contributed by atoms with van der Waals surface area (Å²) in [5.74, 6) is 12.9. The highest BCUT2D eigenvalue weighted by Crippen LogP contribution is 2.28. The zero-order valence-corrected chi connectivity index (χ0v) is 86.2. The number of hydrogen-bond acceptors (Lipinski definition) is 15. The lowest BCUT2D eigenvalue weighted by atomic mass is 10.1. The molecule has 0 bridgehead atoms. The number of ether oxygens (including phenoxy) is 1. The molecule has 0 spiro atoms. The molecule has 13 aromatic carbocycles. The number of imidazole rings is 14. The molecule has 0 saturated heterocycles. The molecule has 29 nitrogen and oxygen atoms in total. The average Bonchev–Trinajstić information content (AvgIpc) is 1.65. The van der Waals surface area contributed by atoms with E-state index in [1.165, 1.54) is 70.0 Å². The van der Waals surface area contributed by atoms with Gasteiger partial charge in [-0.2, -0.15) is 0 Å². The van der Waals surface area contributed by atoms with Crippen LogP contribution in [0.15, 0.2) is 235 Å². The van der Waals surface area contributed by atoms with E-state index in [2.05, 4.69) is 269 Å². The van der Waals surface area contributed by atoms with Gasteiger partial charge in [0, 0.05) is 15.6 Å². The number of aromatic nitrogens is 28. The van der Waals surface area contributed by atoms with Crippen LogP contribution in [0.5, 0.6) is 5.75 Å². The van der Waals surface area contributed by atoms with Crippen LogP contribution in [-0.2, 0) is 6.42 Å². The summed E-state index contributed by atoms with van der Waals surface area (Å²) in [6.07, 6.45) is 5.37. The second-order valence-corrected chi connectivity index (χ2v) is 36.7. The largest absolute Gasteiger partial charge is 0.497 e. The molecular formula is C112H115BrClFN28O. The van der Waals surface area contributed by atoms with Crippen LogP contribution in [0, 0.1) is 124 Å². The fourth-order valence-corrected chi connectivity index (χ4v) is 17.0. The van der Waals surface area contributed by atoms with Gasteiger partial charge in [0.1, 0.15) is 87.3 Å². The molecular weight excluding hydrogens is 1890 g/mol. The zero-order chi connectivity index (χ0) is 102. The molecule has 0 atom stereocenters. The van der Waals surface area contributed by atoms with Crippen LogP contribution in [-0.4, -0.2) is 147 Å². The van der Waals surface area contributed by atoms with Gasteiger partial charge in [0.2, 0.25) is 0 Å². The summed E-state index contributed by atoms with van der Waals surface area (Å²) in [6.45, 7) is 35.9. The Morgan fingerprint density at radius 1 is 0.278 bits per heavy atom. The quantitative estimate of drug-likeness (QED) is 0.0778. The summed E-state index contributed by atoms with van der Waals surface area (Å²) in [4.78, 5) is 104. The fraction of sp³-hybridized carbons (Fsp3) is 0.196. The lowest BCUT2D eigenvalue weighted by Crippen LogP contribution is -1.83. The van der Waals surface area contributed by atoms with Gasteiger partial charge in [-0.1, -0.05) is 102 Å². The van der Waals surface area contributed by atoms with Crippen molar-refractivity contribution in [1.29, 1.82) is 0 Å². The van der Waals surface area contributed by atoms with Crippen molar-refractivity contribution in [3.05, 3.63) is 350 Å². The van der Waals surface area contributed by atoms with Gasteiger partial charge in [-0.25, -0.2) is 74.2 Å². The number of aromatic amines is 14. The Balaban J connectivity index is 0.000000113. The second kappa shape index (κ2) is 45.2. The molecule has 14 heterocycles. The Morgan fingerprint density at radius 3 is 1.17 bits per heavy atom. The van der Waals surface area contributed by atoms with E-state index in [-0.39, 0.29) is 5.82 Å². The molecule has 0 amide bonds. The van der Waals surface area contributed by atoms with E-state index in [1.54, 1.807) is 19.5 Å². The third-order valence-corrected chi connectivity index (χ3v) is 23.9. The summed E-state index contributed by atoms with van der Waals surface area (Å²) < 4.78 is 18.8. The van der Waals surface area contributed by atoms with Crippen LogP contribution in [0.4, 0.5) is 4.39 Å². The van der Waals surface area contributed by atoms with Gasteiger partial charge in [-0.3, -0.25) is 0 Å². The van der Waals surface area contributed by atoms with Crippen LogP contribution >= 0.6 is 27.5 Å². The van der Waals surface area contributed by atoms with Gasteiger partial charge < -0.3 is 74.5 Å². The summed E-state index contributed by atoms with van der Waals surface area (Å²) in [5, 5.41) is 3.23. The van der Waals surface area contributed by atoms with Crippen molar-refractivity contribution in [1.82, 2.24) is 140 Å². The van der Waals surface area contributed by atoms with E-state index in [9.17, 15) is 4.39 Å². The number of rotatable bonds is 4. The van der Waals surface area contributed by atoms with E-state index < -0.39 is 0 Å². The number of hydrogen-bond donors (Lipinski definition) is 14. The molecule has 0 aliphatic carbocycles. The first-order valence-corrected chi connectivity index (χ1v) is 48.4. The predicted molar refractivity (Wildman–Crippen MR) is 588 cm³/mol. The molecule has 144 heavy (non-hydrogen) atoms. The van der Waals surface area contributed by atoms with E-state index in [0.29, 0.717) is 0 Å². The monoisotopic (exact) mass is 2000 g/mol. The van der Waals surface area contributed by atoms with Crippen LogP contribution in [0.25, 0.3) is 165 Å².